The molecule has 1 saturated carbocycles. The fourth-order valence-electron chi connectivity index (χ4n) is 3.16. The van der Waals surface area contributed by atoms with Crippen molar-refractivity contribution in [3.8, 4) is 0 Å². The number of aromatic nitrogens is 2. The van der Waals surface area contributed by atoms with E-state index in [4.69, 9.17) is 0 Å². The molecule has 1 aliphatic carbocycles. The van der Waals surface area contributed by atoms with Crippen molar-refractivity contribution in [1.82, 2.24) is 20.4 Å². The van der Waals surface area contributed by atoms with E-state index in [9.17, 15) is 4.79 Å². The number of rotatable bonds is 6. The van der Waals surface area contributed by atoms with E-state index in [0.717, 1.165) is 51.4 Å². The van der Waals surface area contributed by atoms with Crippen molar-refractivity contribution in [2.75, 3.05) is 37.6 Å². The Balaban J connectivity index is 1.25. The Morgan fingerprint density at radius 3 is 2.48 bits per heavy atom. The summed E-state index contributed by atoms with van der Waals surface area (Å²) in [6, 6.07) is 14.4. The highest BCUT2D eigenvalue weighted by molar-refractivity contribution is 5.92. The van der Waals surface area contributed by atoms with E-state index in [0.29, 0.717) is 11.7 Å². The van der Waals surface area contributed by atoms with Gasteiger partial charge in [0.25, 0.3) is 5.91 Å². The van der Waals surface area contributed by atoms with Crippen molar-refractivity contribution in [2.24, 2.45) is 0 Å². The van der Waals surface area contributed by atoms with Crippen LogP contribution in [0.5, 0.6) is 0 Å². The fourth-order valence-corrected chi connectivity index (χ4v) is 3.16. The zero-order valence-corrected chi connectivity index (χ0v) is 15.4. The number of carbonyl (C=O) groups is 1. The molecule has 1 aliphatic heterocycles. The first-order valence-electron chi connectivity index (χ1n) is 9.61. The summed E-state index contributed by atoms with van der Waals surface area (Å²) in [6.07, 6.45) is 6.53. The second-order valence-electron chi connectivity index (χ2n) is 7.13. The number of nitrogens with one attached hydrogen (secondary N) is 1. The molecule has 1 aromatic carbocycles. The number of piperazine rings is 1. The standard InChI is InChI=1S/C21H25N5O/c27-21(22-18-8-9-18)19-10-11-20(24-23-19)26-15-13-25(14-16-26)12-4-7-17-5-2-1-3-6-17/h1-7,10-11,18H,8-9,12-16H2,(H,22,27)/b7-4+. The topological polar surface area (TPSA) is 61.4 Å². The van der Waals surface area contributed by atoms with Crippen LogP contribution in [0.3, 0.4) is 0 Å². The van der Waals surface area contributed by atoms with Crippen LogP contribution in [-0.4, -0.2) is 59.8 Å². The lowest BCUT2D eigenvalue weighted by Gasteiger charge is -2.34. The third-order valence-corrected chi connectivity index (χ3v) is 4.97. The molecule has 0 bridgehead atoms. The van der Waals surface area contributed by atoms with Gasteiger partial charge in [-0.3, -0.25) is 9.69 Å². The maximum Gasteiger partial charge on any atom is 0.272 e. The lowest BCUT2D eigenvalue weighted by atomic mass is 10.2. The molecular weight excluding hydrogens is 338 g/mol. The van der Waals surface area contributed by atoms with Gasteiger partial charge in [0.2, 0.25) is 0 Å². The van der Waals surface area contributed by atoms with E-state index in [1.165, 1.54) is 5.56 Å². The van der Waals surface area contributed by atoms with Crippen molar-refractivity contribution < 1.29 is 4.79 Å². The smallest absolute Gasteiger partial charge is 0.272 e. The van der Waals surface area contributed by atoms with E-state index in [1.807, 2.05) is 12.1 Å². The van der Waals surface area contributed by atoms with Gasteiger partial charge in [-0.25, -0.2) is 0 Å². The van der Waals surface area contributed by atoms with Crippen LogP contribution in [0.1, 0.15) is 28.9 Å². The molecule has 0 radical (unpaired) electrons. The van der Waals surface area contributed by atoms with Crippen molar-refractivity contribution >= 4 is 17.8 Å². The van der Waals surface area contributed by atoms with Gasteiger partial charge in [0.05, 0.1) is 0 Å². The monoisotopic (exact) mass is 363 g/mol. The van der Waals surface area contributed by atoms with Crippen LogP contribution in [0.15, 0.2) is 48.5 Å². The Kier molecular flexibility index (Phi) is 5.44. The Morgan fingerprint density at radius 2 is 1.81 bits per heavy atom. The summed E-state index contributed by atoms with van der Waals surface area (Å²) in [7, 11) is 0. The molecule has 1 saturated heterocycles. The number of hydrogen-bond donors (Lipinski definition) is 1. The first-order valence-corrected chi connectivity index (χ1v) is 9.61. The molecular formula is C21H25N5O. The highest BCUT2D eigenvalue weighted by Crippen LogP contribution is 2.19. The fraction of sp³-hybridized carbons (Fsp3) is 0.381. The Labute approximate surface area is 159 Å². The van der Waals surface area contributed by atoms with E-state index in [2.05, 4.69) is 61.7 Å². The zero-order chi connectivity index (χ0) is 18.5. The zero-order valence-electron chi connectivity index (χ0n) is 15.4. The van der Waals surface area contributed by atoms with Crippen LogP contribution in [0.4, 0.5) is 5.82 Å². The summed E-state index contributed by atoms with van der Waals surface area (Å²) < 4.78 is 0. The van der Waals surface area contributed by atoms with E-state index in [-0.39, 0.29) is 5.91 Å². The van der Waals surface area contributed by atoms with Crippen molar-refractivity contribution in [3.05, 3.63) is 59.8 Å². The second-order valence-corrected chi connectivity index (χ2v) is 7.13. The normalized spacial score (nSPS) is 18.0. The van der Waals surface area contributed by atoms with Gasteiger partial charge in [-0.05, 0) is 30.5 Å². The molecule has 0 unspecified atom stereocenters. The minimum Gasteiger partial charge on any atom is -0.353 e. The highest BCUT2D eigenvalue weighted by atomic mass is 16.2. The number of anilines is 1. The molecule has 2 aromatic rings. The molecule has 2 fully saturated rings. The van der Waals surface area contributed by atoms with E-state index in [1.54, 1.807) is 6.07 Å². The number of carbonyl (C=O) groups excluding carboxylic acids is 1. The van der Waals surface area contributed by atoms with Gasteiger partial charge in [-0.2, -0.15) is 0 Å². The number of nitrogens with zero attached hydrogens (tertiary/aromatic N) is 4. The molecule has 0 atom stereocenters. The summed E-state index contributed by atoms with van der Waals surface area (Å²) in [4.78, 5) is 16.6. The first-order chi connectivity index (χ1) is 13.3. The Morgan fingerprint density at radius 1 is 1.04 bits per heavy atom. The molecule has 0 spiro atoms. The quantitative estimate of drug-likeness (QED) is 0.853. The van der Waals surface area contributed by atoms with Crippen molar-refractivity contribution in [1.29, 1.82) is 0 Å². The molecule has 6 heteroatoms. The Bertz CT molecular complexity index is 778. The maximum atomic E-state index is 12.0. The molecule has 140 valence electrons. The average molecular weight is 363 g/mol. The summed E-state index contributed by atoms with van der Waals surface area (Å²) in [5.74, 6) is 0.726. The maximum absolute atomic E-state index is 12.0. The van der Waals surface area contributed by atoms with Crippen LogP contribution in [0, 0.1) is 0 Å². The lowest BCUT2D eigenvalue weighted by molar-refractivity contribution is 0.0945. The molecule has 1 N–H and O–H groups in total. The molecule has 27 heavy (non-hydrogen) atoms. The molecule has 4 rings (SSSR count). The third kappa shape index (κ3) is 4.92. The largest absolute Gasteiger partial charge is 0.353 e. The SMILES string of the molecule is O=C(NC1CC1)c1ccc(N2CCN(C/C=C/c3ccccc3)CC2)nn1. The summed E-state index contributed by atoms with van der Waals surface area (Å²) in [5, 5.41) is 11.3. The van der Waals surface area contributed by atoms with E-state index < -0.39 is 0 Å². The molecule has 2 aliphatic rings. The molecule has 1 aromatic heterocycles. The van der Waals surface area contributed by atoms with Crippen molar-refractivity contribution in [3.63, 3.8) is 0 Å². The average Bonchev–Trinajstić information content (AvgIpc) is 3.53. The van der Waals surface area contributed by atoms with Crippen molar-refractivity contribution in [2.45, 2.75) is 18.9 Å². The summed E-state index contributed by atoms with van der Waals surface area (Å²) in [5.41, 5.74) is 1.63. The van der Waals surface area contributed by atoms with Gasteiger partial charge in [-0.15, -0.1) is 10.2 Å². The lowest BCUT2D eigenvalue weighted by Crippen LogP contribution is -2.46. The summed E-state index contributed by atoms with van der Waals surface area (Å²) in [6.45, 7) is 4.77. The van der Waals surface area contributed by atoms with Gasteiger partial charge in [0, 0.05) is 38.8 Å². The van der Waals surface area contributed by atoms with Crippen LogP contribution in [0.25, 0.3) is 6.08 Å². The van der Waals surface area contributed by atoms with Gasteiger partial charge >= 0.3 is 0 Å². The number of benzene rings is 1. The third-order valence-electron chi connectivity index (χ3n) is 4.97. The van der Waals surface area contributed by atoms with Gasteiger partial charge in [0.1, 0.15) is 0 Å². The molecule has 1 amide bonds. The first kappa shape index (κ1) is 17.7. The van der Waals surface area contributed by atoms with Gasteiger partial charge < -0.3 is 10.2 Å². The van der Waals surface area contributed by atoms with E-state index >= 15 is 0 Å². The predicted octanol–water partition coefficient (Wildman–Crippen LogP) is 2.20. The Hall–Kier alpha value is -2.73. The van der Waals surface area contributed by atoms with Gasteiger partial charge in [0.15, 0.2) is 11.5 Å². The molecule has 6 nitrogen and oxygen atoms in total. The summed E-state index contributed by atoms with van der Waals surface area (Å²) >= 11 is 0. The highest BCUT2D eigenvalue weighted by Gasteiger charge is 2.24. The van der Waals surface area contributed by atoms with Crippen LogP contribution < -0.4 is 10.2 Å². The van der Waals surface area contributed by atoms with Crippen LogP contribution in [-0.2, 0) is 0 Å². The molecule has 2 heterocycles. The van der Waals surface area contributed by atoms with Crippen LogP contribution in [0.2, 0.25) is 0 Å². The minimum absolute atomic E-state index is 0.119. The number of hydrogen-bond acceptors (Lipinski definition) is 5. The second kappa shape index (κ2) is 8.31. The van der Waals surface area contributed by atoms with Crippen LogP contribution >= 0.6 is 0 Å². The predicted molar refractivity (Wildman–Crippen MR) is 107 cm³/mol. The minimum atomic E-state index is -0.119. The van der Waals surface area contributed by atoms with Gasteiger partial charge in [-0.1, -0.05) is 42.5 Å². The number of amides is 1.